The van der Waals surface area contributed by atoms with Gasteiger partial charge in [0.2, 0.25) is 0 Å². The first-order valence-corrected chi connectivity index (χ1v) is 5.20. The van der Waals surface area contributed by atoms with Gasteiger partial charge in [-0.05, 0) is 24.3 Å². The van der Waals surface area contributed by atoms with Crippen LogP contribution in [0.1, 0.15) is 10.4 Å². The van der Waals surface area contributed by atoms with Gasteiger partial charge in [0.05, 0.1) is 25.3 Å². The zero-order chi connectivity index (χ0) is 13.1. The second-order valence-corrected chi connectivity index (χ2v) is 3.58. The Bertz CT molecular complexity index is 571. The molecular formula is C13H12O5. The Hall–Kier alpha value is -2.43. The Balaban J connectivity index is 2.45. The third-order valence-electron chi connectivity index (χ3n) is 2.47. The zero-order valence-corrected chi connectivity index (χ0v) is 9.97. The van der Waals surface area contributed by atoms with Gasteiger partial charge in [0.15, 0.2) is 0 Å². The number of methoxy groups -OCH3 is 2. The average Bonchev–Trinajstić information content (AvgIpc) is 2.87. The highest BCUT2D eigenvalue weighted by molar-refractivity contribution is 5.90. The van der Waals surface area contributed by atoms with Gasteiger partial charge in [0.25, 0.3) is 0 Å². The van der Waals surface area contributed by atoms with E-state index in [1.54, 1.807) is 6.07 Å². The molecule has 1 heterocycles. The van der Waals surface area contributed by atoms with Crippen LogP contribution in [0, 0.1) is 0 Å². The summed E-state index contributed by atoms with van der Waals surface area (Å²) in [4.78, 5) is 11.3. The summed E-state index contributed by atoms with van der Waals surface area (Å²) >= 11 is 0. The summed E-state index contributed by atoms with van der Waals surface area (Å²) in [6, 6.07) is 6.15. The Morgan fingerprint density at radius 2 is 2.06 bits per heavy atom. The average molecular weight is 248 g/mol. The number of furan rings is 1. The number of benzene rings is 1. The minimum absolute atomic E-state index is 0.0850. The van der Waals surface area contributed by atoms with Crippen LogP contribution in [0.2, 0.25) is 0 Å². The monoisotopic (exact) mass is 248 g/mol. The number of carbonyl (C=O) groups is 1. The summed E-state index contributed by atoms with van der Waals surface area (Å²) in [5.74, 6) is 0.563. The van der Waals surface area contributed by atoms with Crippen molar-refractivity contribution in [2.45, 2.75) is 0 Å². The van der Waals surface area contributed by atoms with Gasteiger partial charge in [0.1, 0.15) is 23.5 Å². The number of aromatic hydroxyl groups is 1. The van der Waals surface area contributed by atoms with Gasteiger partial charge in [-0.3, -0.25) is 0 Å². The molecule has 0 saturated carbocycles. The lowest BCUT2D eigenvalue weighted by atomic mass is 10.1. The lowest BCUT2D eigenvalue weighted by molar-refractivity contribution is 0.0600. The lowest BCUT2D eigenvalue weighted by Gasteiger charge is -2.05. The molecule has 0 bridgehead atoms. The molecule has 1 aromatic heterocycles. The standard InChI is InChI=1S/C13H12O5/c1-16-11-4-3-9(14)6-10(11)12-5-8(7-18-12)13(15)17-2/h3-7,14H,1-2H3. The fraction of sp³-hybridized carbons (Fsp3) is 0.154. The van der Waals surface area contributed by atoms with Crippen LogP contribution in [0.4, 0.5) is 0 Å². The van der Waals surface area contributed by atoms with Crippen molar-refractivity contribution in [3.63, 3.8) is 0 Å². The molecule has 5 heteroatoms. The Kier molecular flexibility index (Phi) is 3.23. The summed E-state index contributed by atoms with van der Waals surface area (Å²) < 4.78 is 15.0. The normalized spacial score (nSPS) is 10.1. The van der Waals surface area contributed by atoms with E-state index in [9.17, 15) is 9.90 Å². The van der Waals surface area contributed by atoms with Crippen molar-refractivity contribution in [1.29, 1.82) is 0 Å². The Labute approximate surface area is 104 Å². The van der Waals surface area contributed by atoms with E-state index in [1.165, 1.54) is 38.7 Å². The minimum Gasteiger partial charge on any atom is -0.508 e. The predicted octanol–water partition coefficient (Wildman–Crippen LogP) is 2.45. The number of ether oxygens (including phenoxy) is 2. The van der Waals surface area contributed by atoms with Crippen LogP contribution in [0.3, 0.4) is 0 Å². The molecule has 0 aliphatic carbocycles. The fourth-order valence-electron chi connectivity index (χ4n) is 1.59. The van der Waals surface area contributed by atoms with Gasteiger partial charge in [-0.25, -0.2) is 4.79 Å². The SMILES string of the molecule is COC(=O)c1coc(-c2cc(O)ccc2OC)c1. The quantitative estimate of drug-likeness (QED) is 0.845. The van der Waals surface area contributed by atoms with Gasteiger partial charge < -0.3 is 19.0 Å². The molecule has 1 N–H and O–H groups in total. The molecule has 0 atom stereocenters. The highest BCUT2D eigenvalue weighted by Crippen LogP contribution is 2.34. The number of hydrogen-bond acceptors (Lipinski definition) is 5. The highest BCUT2D eigenvalue weighted by Gasteiger charge is 2.15. The summed E-state index contributed by atoms with van der Waals surface area (Å²) in [6.07, 6.45) is 1.30. The first kappa shape index (κ1) is 12.0. The molecular weight excluding hydrogens is 236 g/mol. The first-order valence-electron chi connectivity index (χ1n) is 5.20. The predicted molar refractivity (Wildman–Crippen MR) is 63.7 cm³/mol. The van der Waals surface area contributed by atoms with Crippen molar-refractivity contribution in [1.82, 2.24) is 0 Å². The van der Waals surface area contributed by atoms with Crippen molar-refractivity contribution in [3.05, 3.63) is 36.1 Å². The number of carbonyl (C=O) groups excluding carboxylic acids is 1. The van der Waals surface area contributed by atoms with E-state index in [2.05, 4.69) is 4.74 Å². The van der Waals surface area contributed by atoms with Crippen molar-refractivity contribution >= 4 is 5.97 Å². The van der Waals surface area contributed by atoms with Gasteiger partial charge in [0, 0.05) is 0 Å². The van der Waals surface area contributed by atoms with Crippen LogP contribution in [-0.2, 0) is 4.74 Å². The fourth-order valence-corrected chi connectivity index (χ4v) is 1.59. The zero-order valence-electron chi connectivity index (χ0n) is 9.97. The third-order valence-corrected chi connectivity index (χ3v) is 2.47. The van der Waals surface area contributed by atoms with E-state index in [-0.39, 0.29) is 5.75 Å². The maximum atomic E-state index is 11.3. The number of rotatable bonds is 3. The molecule has 0 spiro atoms. The second kappa shape index (κ2) is 4.83. The molecule has 0 aliphatic heterocycles. The van der Waals surface area contributed by atoms with Crippen LogP contribution < -0.4 is 4.74 Å². The van der Waals surface area contributed by atoms with Crippen molar-refractivity contribution in [3.8, 4) is 22.8 Å². The maximum Gasteiger partial charge on any atom is 0.341 e. The number of esters is 1. The molecule has 0 unspecified atom stereocenters. The lowest BCUT2D eigenvalue weighted by Crippen LogP contribution is -1.98. The second-order valence-electron chi connectivity index (χ2n) is 3.58. The number of hydrogen-bond donors (Lipinski definition) is 1. The van der Waals surface area contributed by atoms with Crippen molar-refractivity contribution in [2.24, 2.45) is 0 Å². The van der Waals surface area contributed by atoms with Crippen LogP contribution in [0.5, 0.6) is 11.5 Å². The highest BCUT2D eigenvalue weighted by atomic mass is 16.5. The molecule has 2 aromatic rings. The summed E-state index contributed by atoms with van der Waals surface area (Å²) in [5.41, 5.74) is 0.866. The molecule has 18 heavy (non-hydrogen) atoms. The van der Waals surface area contributed by atoms with Crippen molar-refractivity contribution in [2.75, 3.05) is 14.2 Å². The number of phenolic OH excluding ortho intramolecular Hbond substituents is 1. The van der Waals surface area contributed by atoms with Gasteiger partial charge in [-0.15, -0.1) is 0 Å². The number of phenols is 1. The van der Waals surface area contributed by atoms with E-state index in [0.29, 0.717) is 22.6 Å². The Morgan fingerprint density at radius 1 is 1.28 bits per heavy atom. The molecule has 2 rings (SSSR count). The molecule has 1 aromatic carbocycles. The first-order chi connectivity index (χ1) is 8.65. The van der Waals surface area contributed by atoms with Crippen LogP contribution in [0.25, 0.3) is 11.3 Å². The molecule has 0 aliphatic rings. The van der Waals surface area contributed by atoms with Gasteiger partial charge in [-0.1, -0.05) is 0 Å². The van der Waals surface area contributed by atoms with E-state index in [4.69, 9.17) is 9.15 Å². The Morgan fingerprint density at radius 3 is 2.72 bits per heavy atom. The van der Waals surface area contributed by atoms with Gasteiger partial charge in [-0.2, -0.15) is 0 Å². The smallest absolute Gasteiger partial charge is 0.341 e. The molecule has 0 amide bonds. The van der Waals surface area contributed by atoms with Crippen molar-refractivity contribution < 1.29 is 23.8 Å². The largest absolute Gasteiger partial charge is 0.508 e. The molecule has 0 saturated heterocycles. The van der Waals surface area contributed by atoms with E-state index in [1.807, 2.05) is 0 Å². The summed E-state index contributed by atoms with van der Waals surface area (Å²) in [5, 5.41) is 9.47. The molecule has 0 radical (unpaired) electrons. The summed E-state index contributed by atoms with van der Waals surface area (Å²) in [6.45, 7) is 0. The molecule has 94 valence electrons. The summed E-state index contributed by atoms with van der Waals surface area (Å²) in [7, 11) is 2.81. The van der Waals surface area contributed by atoms with Crippen LogP contribution >= 0.6 is 0 Å². The molecule has 0 fully saturated rings. The van der Waals surface area contributed by atoms with Gasteiger partial charge >= 0.3 is 5.97 Å². The molecule has 5 nitrogen and oxygen atoms in total. The topological polar surface area (TPSA) is 68.9 Å². The van der Waals surface area contributed by atoms with Crippen LogP contribution in [0.15, 0.2) is 34.9 Å². The van der Waals surface area contributed by atoms with E-state index >= 15 is 0 Å². The maximum absolute atomic E-state index is 11.3. The minimum atomic E-state index is -0.482. The van der Waals surface area contributed by atoms with E-state index < -0.39 is 5.97 Å². The van der Waals surface area contributed by atoms with Crippen LogP contribution in [-0.4, -0.2) is 25.3 Å². The third kappa shape index (κ3) is 2.15. The van der Waals surface area contributed by atoms with E-state index in [0.717, 1.165) is 0 Å².